The van der Waals surface area contributed by atoms with Crippen molar-refractivity contribution in [3.05, 3.63) is 70.4 Å². The van der Waals surface area contributed by atoms with Crippen LogP contribution in [0, 0.1) is 17.0 Å². The molecule has 9 nitrogen and oxygen atoms in total. The molecule has 9 heteroatoms. The van der Waals surface area contributed by atoms with E-state index in [1.807, 2.05) is 31.2 Å². The van der Waals surface area contributed by atoms with Crippen molar-refractivity contribution in [1.82, 2.24) is 9.55 Å². The lowest BCUT2D eigenvalue weighted by atomic mass is 10.1. The predicted octanol–water partition coefficient (Wildman–Crippen LogP) is 4.38. The molecule has 3 aromatic rings. The first kappa shape index (κ1) is 22.1. The van der Waals surface area contributed by atoms with E-state index in [0.717, 1.165) is 43.1 Å². The third-order valence-corrected chi connectivity index (χ3v) is 6.27. The van der Waals surface area contributed by atoms with Crippen molar-refractivity contribution in [3.63, 3.8) is 0 Å². The number of hydrogen-bond donors (Lipinski definition) is 0. The molecule has 0 radical (unpaired) electrons. The molecule has 1 atom stereocenters. The van der Waals surface area contributed by atoms with Crippen LogP contribution in [0.2, 0.25) is 0 Å². The van der Waals surface area contributed by atoms with E-state index in [1.165, 1.54) is 11.8 Å². The van der Waals surface area contributed by atoms with Crippen LogP contribution >= 0.6 is 0 Å². The van der Waals surface area contributed by atoms with E-state index in [2.05, 4.69) is 41.1 Å². The summed E-state index contributed by atoms with van der Waals surface area (Å²) in [6.45, 7) is 6.63. The zero-order chi connectivity index (χ0) is 23.7. The third-order valence-electron chi connectivity index (χ3n) is 6.27. The summed E-state index contributed by atoms with van der Waals surface area (Å²) in [6, 6.07) is 16.6. The highest BCUT2D eigenvalue weighted by Gasteiger charge is 2.41. The van der Waals surface area contributed by atoms with Gasteiger partial charge in [-0.25, -0.2) is 0 Å². The third kappa shape index (κ3) is 4.78. The second kappa shape index (κ2) is 8.89. The van der Waals surface area contributed by atoms with Gasteiger partial charge in [-0.05, 0) is 55.2 Å². The number of nitro groups is 1. The number of aryl methyl sites for hydroxylation is 1. The molecule has 3 heterocycles. The number of rotatable bonds is 7. The second-order valence-electron chi connectivity index (χ2n) is 9.22. The van der Waals surface area contributed by atoms with Gasteiger partial charge in [-0.2, -0.15) is 0 Å². The van der Waals surface area contributed by atoms with E-state index >= 15 is 0 Å². The van der Waals surface area contributed by atoms with Crippen LogP contribution in [0.25, 0.3) is 0 Å². The molecule has 2 aromatic carbocycles. The monoisotopic (exact) mass is 464 g/mol. The SMILES string of the molecule is Cc1ccc(OC2CCN(c3ccc(OC[C@@]4(C)Cn5cc([N+](=O)[O-])nc5O4)cc3)CC2)cc1. The van der Waals surface area contributed by atoms with Gasteiger partial charge in [0.1, 0.15) is 30.4 Å². The Labute approximate surface area is 198 Å². The van der Waals surface area contributed by atoms with Gasteiger partial charge < -0.3 is 29.2 Å². The molecule has 5 rings (SSSR count). The van der Waals surface area contributed by atoms with Crippen LogP contribution in [-0.2, 0) is 6.54 Å². The van der Waals surface area contributed by atoms with Gasteiger partial charge in [-0.15, -0.1) is 0 Å². The van der Waals surface area contributed by atoms with Gasteiger partial charge >= 0.3 is 11.8 Å². The van der Waals surface area contributed by atoms with E-state index in [9.17, 15) is 10.1 Å². The second-order valence-corrected chi connectivity index (χ2v) is 9.22. The first-order chi connectivity index (χ1) is 16.4. The van der Waals surface area contributed by atoms with Gasteiger partial charge in [0.15, 0.2) is 5.60 Å². The van der Waals surface area contributed by atoms with Crippen molar-refractivity contribution in [2.45, 2.75) is 44.9 Å². The van der Waals surface area contributed by atoms with Crippen molar-refractivity contribution in [2.24, 2.45) is 0 Å². The molecule has 2 aliphatic rings. The number of ether oxygens (including phenoxy) is 3. The largest absolute Gasteiger partial charge is 0.490 e. The van der Waals surface area contributed by atoms with Crippen molar-refractivity contribution in [1.29, 1.82) is 0 Å². The number of nitrogens with zero attached hydrogens (tertiary/aromatic N) is 4. The average molecular weight is 465 g/mol. The van der Waals surface area contributed by atoms with Gasteiger partial charge in [0.2, 0.25) is 0 Å². The summed E-state index contributed by atoms with van der Waals surface area (Å²) in [5, 5.41) is 10.9. The molecular formula is C25H28N4O5. The first-order valence-corrected chi connectivity index (χ1v) is 11.5. The topological polar surface area (TPSA) is 91.9 Å². The van der Waals surface area contributed by atoms with Crippen molar-refractivity contribution in [2.75, 3.05) is 24.6 Å². The summed E-state index contributed by atoms with van der Waals surface area (Å²) in [6.07, 6.45) is 3.60. The number of piperidine rings is 1. The summed E-state index contributed by atoms with van der Waals surface area (Å²) in [5.74, 6) is 1.48. The fourth-order valence-corrected chi connectivity index (χ4v) is 4.39. The van der Waals surface area contributed by atoms with Gasteiger partial charge in [-0.1, -0.05) is 17.7 Å². The molecule has 1 saturated heterocycles. The van der Waals surface area contributed by atoms with Crippen LogP contribution in [0.3, 0.4) is 0 Å². The van der Waals surface area contributed by atoms with Gasteiger partial charge in [0.05, 0.1) is 6.54 Å². The minimum atomic E-state index is -0.629. The van der Waals surface area contributed by atoms with Gasteiger partial charge in [-0.3, -0.25) is 4.57 Å². The Morgan fingerprint density at radius 1 is 1.12 bits per heavy atom. The highest BCUT2D eigenvalue weighted by molar-refractivity contribution is 5.49. The Morgan fingerprint density at radius 3 is 2.44 bits per heavy atom. The van der Waals surface area contributed by atoms with E-state index in [4.69, 9.17) is 14.2 Å². The Kier molecular flexibility index (Phi) is 5.77. The highest BCUT2D eigenvalue weighted by atomic mass is 16.6. The van der Waals surface area contributed by atoms with E-state index < -0.39 is 10.5 Å². The van der Waals surface area contributed by atoms with Gasteiger partial charge in [0, 0.05) is 36.6 Å². The quantitative estimate of drug-likeness (QED) is 0.378. The Morgan fingerprint density at radius 2 is 1.79 bits per heavy atom. The summed E-state index contributed by atoms with van der Waals surface area (Å²) >= 11 is 0. The standard InChI is InChI=1S/C25H28N4O5/c1-18-3-7-21(8-4-18)33-22-11-13-27(14-12-22)19-5-9-20(10-6-19)32-17-25(2)16-28-15-23(29(30)31)26-24(28)34-25/h3-10,15,22H,11-14,16-17H2,1-2H3/t25-/m1/s1. The molecule has 0 saturated carbocycles. The zero-order valence-electron chi connectivity index (χ0n) is 19.3. The van der Waals surface area contributed by atoms with Crippen LogP contribution in [0.5, 0.6) is 17.5 Å². The summed E-state index contributed by atoms with van der Waals surface area (Å²) in [5.41, 5.74) is 1.77. The molecule has 0 unspecified atom stereocenters. The maximum Gasteiger partial charge on any atom is 0.415 e. The zero-order valence-corrected chi connectivity index (χ0v) is 19.3. The molecule has 1 fully saturated rings. The molecule has 34 heavy (non-hydrogen) atoms. The lowest BCUT2D eigenvalue weighted by Gasteiger charge is -2.33. The van der Waals surface area contributed by atoms with E-state index in [-0.39, 0.29) is 17.9 Å². The first-order valence-electron chi connectivity index (χ1n) is 11.5. The van der Waals surface area contributed by atoms with E-state index in [1.54, 1.807) is 4.57 Å². The molecule has 0 spiro atoms. The number of hydrogen-bond acceptors (Lipinski definition) is 7. The van der Waals surface area contributed by atoms with Crippen LogP contribution in [0.4, 0.5) is 11.5 Å². The maximum absolute atomic E-state index is 10.9. The van der Waals surface area contributed by atoms with Crippen LogP contribution in [0.15, 0.2) is 54.7 Å². The molecule has 2 aliphatic heterocycles. The van der Waals surface area contributed by atoms with E-state index in [0.29, 0.717) is 13.2 Å². The number of anilines is 1. The smallest absolute Gasteiger partial charge is 0.415 e. The summed E-state index contributed by atoms with van der Waals surface area (Å²) in [7, 11) is 0. The predicted molar refractivity (Wildman–Crippen MR) is 127 cm³/mol. The van der Waals surface area contributed by atoms with Crippen LogP contribution in [-0.4, -0.2) is 45.9 Å². The van der Waals surface area contributed by atoms with Crippen LogP contribution < -0.4 is 19.1 Å². The number of imidazole rings is 1. The molecule has 1 aromatic heterocycles. The fraction of sp³-hybridized carbons (Fsp3) is 0.400. The molecule has 0 amide bonds. The van der Waals surface area contributed by atoms with Crippen molar-refractivity contribution >= 4 is 11.5 Å². The Balaban J connectivity index is 1.10. The fourth-order valence-electron chi connectivity index (χ4n) is 4.39. The summed E-state index contributed by atoms with van der Waals surface area (Å²) < 4.78 is 19.6. The van der Waals surface area contributed by atoms with Gasteiger partial charge in [0.25, 0.3) is 0 Å². The molecule has 178 valence electrons. The molecule has 0 aliphatic carbocycles. The Bertz CT molecular complexity index is 1130. The molecule has 0 N–H and O–H groups in total. The maximum atomic E-state index is 10.9. The summed E-state index contributed by atoms with van der Waals surface area (Å²) in [4.78, 5) is 16.6. The minimum Gasteiger partial charge on any atom is -0.490 e. The number of benzene rings is 2. The van der Waals surface area contributed by atoms with Crippen LogP contribution in [0.1, 0.15) is 25.3 Å². The lowest BCUT2D eigenvalue weighted by molar-refractivity contribution is -0.389. The Hall–Kier alpha value is -3.75. The number of fused-ring (bicyclic) bond motifs is 1. The lowest BCUT2D eigenvalue weighted by Crippen LogP contribution is -2.38. The number of aromatic nitrogens is 2. The average Bonchev–Trinajstić information content (AvgIpc) is 3.36. The molecular weight excluding hydrogens is 436 g/mol. The normalized spacial score (nSPS) is 20.0. The minimum absolute atomic E-state index is 0.209. The van der Waals surface area contributed by atoms with Crippen molar-refractivity contribution < 1.29 is 19.1 Å². The molecule has 0 bridgehead atoms. The van der Waals surface area contributed by atoms with Crippen molar-refractivity contribution in [3.8, 4) is 17.5 Å². The highest BCUT2D eigenvalue weighted by Crippen LogP contribution is 2.32.